The summed E-state index contributed by atoms with van der Waals surface area (Å²) in [5, 5.41) is 28.9. The number of halogens is 1. The number of rotatable bonds is 7. The van der Waals surface area contributed by atoms with Crippen molar-refractivity contribution in [2.45, 2.75) is 76.7 Å². The number of Topliss-reactive ketones (excluding diaryl/α,β-unsaturated/α-hetero) is 1. The summed E-state index contributed by atoms with van der Waals surface area (Å²) in [6.07, 6.45) is 7.44. The van der Waals surface area contributed by atoms with Crippen LogP contribution in [0.25, 0.3) is 10.8 Å². The summed E-state index contributed by atoms with van der Waals surface area (Å²) >= 11 is 0. The van der Waals surface area contributed by atoms with Crippen LogP contribution in [0.4, 0.5) is 10.1 Å². The van der Waals surface area contributed by atoms with Crippen molar-refractivity contribution in [1.29, 1.82) is 0 Å². The zero-order chi connectivity index (χ0) is 37.7. The smallest absolute Gasteiger partial charge is 0.338 e. The molecule has 0 saturated heterocycles. The van der Waals surface area contributed by atoms with E-state index in [2.05, 4.69) is 10.3 Å². The Kier molecular flexibility index (Phi) is 8.20. The highest BCUT2D eigenvalue weighted by atomic mass is 19.1. The fourth-order valence-electron chi connectivity index (χ4n) is 11.1. The molecule has 276 valence electrons. The second kappa shape index (κ2) is 12.2. The van der Waals surface area contributed by atoms with E-state index in [0.29, 0.717) is 30.5 Å². The van der Waals surface area contributed by atoms with Crippen molar-refractivity contribution in [3.05, 3.63) is 95.9 Å². The lowest BCUT2D eigenvalue weighted by Crippen LogP contribution is -2.69. The van der Waals surface area contributed by atoms with Gasteiger partial charge in [-0.15, -0.1) is 0 Å². The molecule has 5 aliphatic rings. The van der Waals surface area contributed by atoms with Gasteiger partial charge in [-0.1, -0.05) is 50.6 Å². The molecule has 4 saturated carbocycles. The molecule has 9 nitrogen and oxygen atoms in total. The topological polar surface area (TPSA) is 143 Å². The first kappa shape index (κ1) is 35.5. The van der Waals surface area contributed by atoms with Crippen molar-refractivity contribution in [3.8, 4) is 0 Å². The van der Waals surface area contributed by atoms with Gasteiger partial charge in [-0.05, 0) is 110 Å². The molecule has 8 rings (SSSR count). The number of nitrogens with one attached hydrogen (secondary N) is 1. The molecule has 3 aromatic rings. The average Bonchev–Trinajstić information content (AvgIpc) is 3.78. The number of nitrogens with zero attached hydrogens (tertiary/aromatic N) is 1. The largest absolute Gasteiger partial charge is 0.454 e. The summed E-state index contributed by atoms with van der Waals surface area (Å²) in [5.41, 5.74) is -4.03. The third-order valence-corrected chi connectivity index (χ3v) is 14.1. The quantitative estimate of drug-likeness (QED) is 0.242. The van der Waals surface area contributed by atoms with Gasteiger partial charge in [0.15, 0.2) is 18.1 Å². The maximum absolute atomic E-state index is 17.5. The van der Waals surface area contributed by atoms with Gasteiger partial charge in [0.2, 0.25) is 11.7 Å². The number of ketones is 2. The van der Waals surface area contributed by atoms with Crippen molar-refractivity contribution < 1.29 is 38.5 Å². The summed E-state index contributed by atoms with van der Waals surface area (Å²) in [4.78, 5) is 56.9. The van der Waals surface area contributed by atoms with Crippen molar-refractivity contribution >= 4 is 39.9 Å². The van der Waals surface area contributed by atoms with E-state index in [1.165, 1.54) is 12.2 Å². The van der Waals surface area contributed by atoms with E-state index in [0.717, 1.165) is 16.3 Å². The molecule has 2 aromatic carbocycles. The predicted octanol–water partition coefficient (Wildman–Crippen LogP) is 6.30. The number of allylic oxidation sites excluding steroid dienone is 4. The van der Waals surface area contributed by atoms with Gasteiger partial charge in [0.25, 0.3) is 0 Å². The molecule has 0 bridgehead atoms. The van der Waals surface area contributed by atoms with E-state index < -0.39 is 64.3 Å². The number of hydrogen-bond acceptors (Lipinski definition) is 8. The van der Waals surface area contributed by atoms with Gasteiger partial charge in [0, 0.05) is 46.1 Å². The Morgan fingerprint density at radius 2 is 1.85 bits per heavy atom. The van der Waals surface area contributed by atoms with E-state index in [9.17, 15) is 29.4 Å². The van der Waals surface area contributed by atoms with Crippen molar-refractivity contribution in [3.63, 3.8) is 0 Å². The van der Waals surface area contributed by atoms with Gasteiger partial charge < -0.3 is 20.3 Å². The summed E-state index contributed by atoms with van der Waals surface area (Å²) in [6, 6.07) is 14.4. The number of carbonyl (C=O) groups is 4. The number of carbonyl (C=O) groups excluding carboxylic acids is 4. The monoisotopic (exact) mass is 720 g/mol. The van der Waals surface area contributed by atoms with Crippen LogP contribution in [-0.4, -0.2) is 62.6 Å². The summed E-state index contributed by atoms with van der Waals surface area (Å²) in [6.45, 7) is 6.55. The number of ether oxygens (including phenoxy) is 1. The number of aliphatic hydroxyl groups excluding tert-OH is 1. The zero-order valence-electron chi connectivity index (χ0n) is 30.3. The van der Waals surface area contributed by atoms with Crippen LogP contribution in [-0.2, 0) is 19.1 Å². The minimum atomic E-state index is -2.09. The highest BCUT2D eigenvalue weighted by molar-refractivity contribution is 6.01. The molecule has 1 amide bonds. The Morgan fingerprint density at radius 3 is 2.64 bits per heavy atom. The summed E-state index contributed by atoms with van der Waals surface area (Å²) in [5.74, 6) is -3.75. The lowest BCUT2D eigenvalue weighted by Gasteiger charge is -2.62. The maximum Gasteiger partial charge on any atom is 0.338 e. The van der Waals surface area contributed by atoms with Crippen LogP contribution in [0, 0.1) is 40.4 Å². The van der Waals surface area contributed by atoms with Crippen LogP contribution in [0.2, 0.25) is 0 Å². The van der Waals surface area contributed by atoms with E-state index in [1.807, 2.05) is 37.3 Å². The first-order valence-corrected chi connectivity index (χ1v) is 18.6. The number of anilines is 1. The number of benzene rings is 2. The van der Waals surface area contributed by atoms with Crippen LogP contribution in [0.5, 0.6) is 0 Å². The fraction of sp³-hybridized carbons (Fsp3) is 0.465. The van der Waals surface area contributed by atoms with Gasteiger partial charge in [-0.25, -0.2) is 9.18 Å². The zero-order valence-corrected chi connectivity index (χ0v) is 30.3. The standard InChI is InChI=1S/C43H45FN2O7/c1-23-16-33-32-11-9-29-19-31(47)12-14-40(29,3)42(32,44)34(48)20-41(33,4)43(23,52)35(49)22-53-39(51)27-7-5-6-26(17-27)36-24(2)37(36)38(50)46-30-10-8-28-21-45-15-13-25(28)18-30/h5-8,10,12-15,17-19,21,23-24,32-34,36-37,48,52H,9,11,16,20,22H2,1-4H3,(H,46,50)/t23-,24?,32+,33+,34+,36?,37?,40+,41+,42+,43+/m1/s1. The van der Waals surface area contributed by atoms with Crippen LogP contribution >= 0.6 is 0 Å². The number of alkyl halides is 1. The number of esters is 1. The van der Waals surface area contributed by atoms with Crippen LogP contribution in [0.15, 0.2) is 84.7 Å². The van der Waals surface area contributed by atoms with Gasteiger partial charge in [0.1, 0.15) is 5.60 Å². The molecule has 3 N–H and O–H groups in total. The number of pyridine rings is 1. The molecular weight excluding hydrogens is 675 g/mol. The van der Waals surface area contributed by atoms with E-state index >= 15 is 4.39 Å². The Hall–Kier alpha value is -4.54. The molecule has 3 unspecified atom stereocenters. The van der Waals surface area contributed by atoms with Gasteiger partial charge in [0.05, 0.1) is 11.7 Å². The number of aliphatic hydroxyl groups is 2. The summed E-state index contributed by atoms with van der Waals surface area (Å²) < 4.78 is 23.1. The second-order valence-electron chi connectivity index (χ2n) is 16.6. The van der Waals surface area contributed by atoms with Crippen molar-refractivity contribution in [2.24, 2.45) is 40.4 Å². The molecule has 0 radical (unpaired) electrons. The number of hydrogen-bond donors (Lipinski definition) is 3. The van der Waals surface area contributed by atoms with Gasteiger partial charge in [-0.3, -0.25) is 19.4 Å². The first-order valence-electron chi connectivity index (χ1n) is 18.6. The summed E-state index contributed by atoms with van der Waals surface area (Å²) in [7, 11) is 0. The third-order valence-electron chi connectivity index (χ3n) is 14.1. The van der Waals surface area contributed by atoms with Crippen molar-refractivity contribution in [2.75, 3.05) is 11.9 Å². The normalized spacial score (nSPS) is 38.3. The van der Waals surface area contributed by atoms with E-state index in [1.54, 1.807) is 57.4 Å². The highest BCUT2D eigenvalue weighted by Crippen LogP contribution is 2.70. The van der Waals surface area contributed by atoms with Gasteiger partial charge >= 0.3 is 5.97 Å². The Morgan fingerprint density at radius 1 is 1.06 bits per heavy atom. The molecule has 10 heteroatoms. The third kappa shape index (κ3) is 5.12. The Labute approximate surface area is 307 Å². The molecule has 1 heterocycles. The lowest BCUT2D eigenvalue weighted by atomic mass is 9.44. The molecule has 11 atom stereocenters. The molecule has 0 spiro atoms. The number of fused-ring (bicyclic) bond motifs is 6. The first-order chi connectivity index (χ1) is 25.1. The number of aromatic nitrogens is 1. The average molecular weight is 721 g/mol. The van der Waals surface area contributed by atoms with Crippen molar-refractivity contribution in [1.82, 2.24) is 4.98 Å². The van der Waals surface area contributed by atoms with Gasteiger partial charge in [-0.2, -0.15) is 0 Å². The molecule has 4 fully saturated rings. The molecule has 1 aromatic heterocycles. The van der Waals surface area contributed by atoms with Crippen LogP contribution in [0.3, 0.4) is 0 Å². The molecule has 53 heavy (non-hydrogen) atoms. The minimum Gasteiger partial charge on any atom is -0.454 e. The predicted molar refractivity (Wildman–Crippen MR) is 195 cm³/mol. The lowest BCUT2D eigenvalue weighted by molar-refractivity contribution is -0.219. The molecular formula is C43H45FN2O7. The Bertz CT molecular complexity index is 2130. The van der Waals surface area contributed by atoms with E-state index in [-0.39, 0.29) is 41.4 Å². The second-order valence-corrected chi connectivity index (χ2v) is 16.6. The molecule has 5 aliphatic carbocycles. The van der Waals surface area contributed by atoms with Crippen LogP contribution in [0.1, 0.15) is 75.2 Å². The number of amides is 1. The highest BCUT2D eigenvalue weighted by Gasteiger charge is 2.75. The SMILES string of the molecule is CC1C(C(=O)Nc2ccc3cnccc3c2)C1c1cccc(C(=O)OCC(=O)[C@@]2(O)[C@H](C)C[C@H]3[C@@H]4CCC5=CC(=O)C=C[C@]5(C)[C@@]4(F)[C@@H](O)C[C@@]32C)c1. The minimum absolute atomic E-state index is 0.0409. The van der Waals surface area contributed by atoms with Crippen LogP contribution < -0.4 is 5.32 Å². The fourth-order valence-corrected chi connectivity index (χ4v) is 11.1. The maximum atomic E-state index is 17.5. The van der Waals surface area contributed by atoms with E-state index in [4.69, 9.17) is 4.74 Å². The Balaban J connectivity index is 0.947. The molecule has 0 aliphatic heterocycles.